The fraction of sp³-hybridized carbons (Fsp3) is 0.588. The normalized spacial score (nSPS) is 10.7. The highest BCUT2D eigenvalue weighted by molar-refractivity contribution is 5.95. The van der Waals surface area contributed by atoms with Gasteiger partial charge >= 0.3 is 0 Å². The van der Waals surface area contributed by atoms with Crippen molar-refractivity contribution in [3.05, 3.63) is 29.8 Å². The van der Waals surface area contributed by atoms with Gasteiger partial charge in [-0.2, -0.15) is 0 Å². The third-order valence-corrected chi connectivity index (χ3v) is 4.29. The molecule has 0 aliphatic carbocycles. The van der Waals surface area contributed by atoms with E-state index < -0.39 is 5.41 Å². The summed E-state index contributed by atoms with van der Waals surface area (Å²) < 4.78 is 0. The van der Waals surface area contributed by atoms with Gasteiger partial charge in [0.05, 0.1) is 5.41 Å². The van der Waals surface area contributed by atoms with E-state index in [2.05, 4.69) is 36.4 Å². The highest BCUT2D eigenvalue weighted by atomic mass is 35.5. The molecule has 0 unspecified atom stereocenters. The van der Waals surface area contributed by atoms with Gasteiger partial charge in [0, 0.05) is 18.8 Å². The van der Waals surface area contributed by atoms with Crippen LogP contribution in [-0.4, -0.2) is 38.0 Å². The lowest BCUT2D eigenvalue weighted by atomic mass is 9.81. The molecule has 0 fully saturated rings. The van der Waals surface area contributed by atoms with Crippen LogP contribution in [0.1, 0.15) is 32.3 Å². The second-order valence-corrected chi connectivity index (χ2v) is 5.90. The smallest absolute Gasteiger partial charge is 0.231 e. The molecule has 0 saturated carbocycles. The molecule has 0 aliphatic rings. The van der Waals surface area contributed by atoms with Crippen molar-refractivity contribution in [2.75, 3.05) is 32.5 Å². The van der Waals surface area contributed by atoms with E-state index in [4.69, 9.17) is 5.73 Å². The SMILES string of the molecule is CCC(CC)(CN)C(=O)Nc1ccc(CCN(C)C)cc1.Cl.Cl. The van der Waals surface area contributed by atoms with Crippen LogP contribution < -0.4 is 11.1 Å². The summed E-state index contributed by atoms with van der Waals surface area (Å²) in [6.07, 6.45) is 2.53. The van der Waals surface area contributed by atoms with Crippen LogP contribution in [0.2, 0.25) is 0 Å². The summed E-state index contributed by atoms with van der Waals surface area (Å²) in [7, 11) is 4.13. The fourth-order valence-electron chi connectivity index (χ4n) is 2.32. The standard InChI is InChI=1S/C17H29N3O.2ClH/c1-5-17(6-2,13-18)16(21)19-15-9-7-14(8-10-15)11-12-20(3)4;;/h7-10H,5-6,11-13,18H2,1-4H3,(H,19,21);2*1H. The fourth-order valence-corrected chi connectivity index (χ4v) is 2.32. The van der Waals surface area contributed by atoms with Gasteiger partial charge in [0.15, 0.2) is 0 Å². The van der Waals surface area contributed by atoms with Crippen molar-refractivity contribution in [2.24, 2.45) is 11.1 Å². The van der Waals surface area contributed by atoms with Crippen LogP contribution >= 0.6 is 24.8 Å². The molecule has 0 aliphatic heterocycles. The first-order valence-electron chi connectivity index (χ1n) is 7.72. The number of halogens is 2. The molecule has 1 rings (SSSR count). The molecule has 0 aromatic heterocycles. The number of carbonyl (C=O) groups is 1. The first kappa shape index (κ1) is 24.4. The van der Waals surface area contributed by atoms with E-state index in [0.717, 1.165) is 31.5 Å². The van der Waals surface area contributed by atoms with Gasteiger partial charge in [-0.1, -0.05) is 26.0 Å². The molecule has 0 radical (unpaired) electrons. The van der Waals surface area contributed by atoms with Crippen LogP contribution in [0.15, 0.2) is 24.3 Å². The third kappa shape index (κ3) is 7.08. The monoisotopic (exact) mass is 363 g/mol. The zero-order valence-electron chi connectivity index (χ0n) is 14.6. The molecule has 0 bridgehead atoms. The van der Waals surface area contributed by atoms with Crippen molar-refractivity contribution in [3.63, 3.8) is 0 Å². The zero-order valence-corrected chi connectivity index (χ0v) is 16.2. The minimum atomic E-state index is -0.455. The molecule has 1 aromatic rings. The number of carbonyl (C=O) groups excluding carboxylic acids is 1. The van der Waals surface area contributed by atoms with E-state index in [9.17, 15) is 4.79 Å². The Kier molecular flexibility index (Phi) is 12.4. The first-order valence-corrected chi connectivity index (χ1v) is 7.72. The van der Waals surface area contributed by atoms with Crippen LogP contribution in [0.25, 0.3) is 0 Å². The van der Waals surface area contributed by atoms with Crippen molar-refractivity contribution >= 4 is 36.4 Å². The number of benzene rings is 1. The molecule has 4 nitrogen and oxygen atoms in total. The second-order valence-electron chi connectivity index (χ2n) is 5.90. The summed E-state index contributed by atoms with van der Waals surface area (Å²) in [5.41, 5.74) is 7.47. The second kappa shape index (κ2) is 11.7. The van der Waals surface area contributed by atoms with Crippen LogP contribution in [-0.2, 0) is 11.2 Å². The molecule has 0 atom stereocenters. The lowest BCUT2D eigenvalue weighted by Crippen LogP contribution is -2.41. The summed E-state index contributed by atoms with van der Waals surface area (Å²) in [6.45, 7) is 5.43. The van der Waals surface area contributed by atoms with E-state index >= 15 is 0 Å². The quantitative estimate of drug-likeness (QED) is 0.744. The topological polar surface area (TPSA) is 58.4 Å². The Morgan fingerprint density at radius 1 is 1.13 bits per heavy atom. The number of nitrogens with one attached hydrogen (secondary N) is 1. The van der Waals surface area contributed by atoms with Crippen molar-refractivity contribution in [1.82, 2.24) is 4.90 Å². The highest BCUT2D eigenvalue weighted by Crippen LogP contribution is 2.27. The highest BCUT2D eigenvalue weighted by Gasteiger charge is 2.33. The van der Waals surface area contributed by atoms with Gasteiger partial charge in [0.1, 0.15) is 0 Å². The Bertz CT molecular complexity index is 437. The van der Waals surface area contributed by atoms with Crippen LogP contribution in [0.4, 0.5) is 5.69 Å². The zero-order chi connectivity index (χ0) is 15.9. The first-order chi connectivity index (χ1) is 9.97. The predicted octanol–water partition coefficient (Wildman–Crippen LogP) is 3.34. The predicted molar refractivity (Wildman–Crippen MR) is 104 cm³/mol. The maximum absolute atomic E-state index is 12.4. The maximum atomic E-state index is 12.4. The van der Waals surface area contributed by atoms with Crippen molar-refractivity contribution in [2.45, 2.75) is 33.1 Å². The molecular formula is C17H31Cl2N3O. The summed E-state index contributed by atoms with van der Waals surface area (Å²) in [5.74, 6) is 0.0241. The number of hydrogen-bond acceptors (Lipinski definition) is 3. The summed E-state index contributed by atoms with van der Waals surface area (Å²) in [5, 5.41) is 3.00. The molecule has 0 saturated heterocycles. The minimum Gasteiger partial charge on any atom is -0.329 e. The van der Waals surface area contributed by atoms with Crippen molar-refractivity contribution < 1.29 is 4.79 Å². The van der Waals surface area contributed by atoms with E-state index in [-0.39, 0.29) is 30.7 Å². The number of likely N-dealkylation sites (N-methyl/N-ethyl adjacent to an activating group) is 1. The van der Waals surface area contributed by atoms with Crippen molar-refractivity contribution in [1.29, 1.82) is 0 Å². The van der Waals surface area contributed by atoms with Crippen LogP contribution in [0, 0.1) is 5.41 Å². The molecule has 1 amide bonds. The largest absolute Gasteiger partial charge is 0.329 e. The average Bonchev–Trinajstić information content (AvgIpc) is 2.49. The molecule has 23 heavy (non-hydrogen) atoms. The Balaban J connectivity index is 0. The van der Waals surface area contributed by atoms with Crippen LogP contribution in [0.3, 0.4) is 0 Å². The number of rotatable bonds is 8. The molecule has 134 valence electrons. The number of nitrogens with zero attached hydrogens (tertiary/aromatic N) is 1. The van der Waals surface area contributed by atoms with E-state index in [1.807, 2.05) is 26.0 Å². The van der Waals surface area contributed by atoms with Gasteiger partial charge in [-0.05, 0) is 51.1 Å². The molecule has 0 spiro atoms. The molecule has 6 heteroatoms. The van der Waals surface area contributed by atoms with Gasteiger partial charge in [-0.25, -0.2) is 0 Å². The number of nitrogens with two attached hydrogens (primary N) is 1. The van der Waals surface area contributed by atoms with Gasteiger partial charge in [0.2, 0.25) is 5.91 Å². The Morgan fingerprint density at radius 3 is 2.04 bits per heavy atom. The van der Waals surface area contributed by atoms with Crippen LogP contribution in [0.5, 0.6) is 0 Å². The Labute approximate surface area is 153 Å². The summed E-state index contributed by atoms with van der Waals surface area (Å²) in [4.78, 5) is 14.6. The van der Waals surface area contributed by atoms with Gasteiger partial charge < -0.3 is 16.0 Å². The van der Waals surface area contributed by atoms with E-state index in [0.29, 0.717) is 6.54 Å². The molecule has 1 aromatic carbocycles. The van der Waals surface area contributed by atoms with E-state index in [1.165, 1.54) is 5.56 Å². The molecule has 3 N–H and O–H groups in total. The average molecular weight is 364 g/mol. The lowest BCUT2D eigenvalue weighted by Gasteiger charge is -2.28. The lowest BCUT2D eigenvalue weighted by molar-refractivity contribution is -0.125. The number of hydrogen-bond donors (Lipinski definition) is 2. The Morgan fingerprint density at radius 2 is 1.65 bits per heavy atom. The van der Waals surface area contributed by atoms with E-state index in [1.54, 1.807) is 0 Å². The molecular weight excluding hydrogens is 333 g/mol. The van der Waals surface area contributed by atoms with Gasteiger partial charge in [0.25, 0.3) is 0 Å². The minimum absolute atomic E-state index is 0. The maximum Gasteiger partial charge on any atom is 0.231 e. The van der Waals surface area contributed by atoms with Gasteiger partial charge in [-0.3, -0.25) is 4.79 Å². The summed E-state index contributed by atoms with van der Waals surface area (Å²) in [6, 6.07) is 8.08. The Hall–Kier alpha value is -0.810. The van der Waals surface area contributed by atoms with Crippen molar-refractivity contribution in [3.8, 4) is 0 Å². The third-order valence-electron chi connectivity index (χ3n) is 4.29. The number of anilines is 1. The number of amides is 1. The summed E-state index contributed by atoms with van der Waals surface area (Å²) >= 11 is 0. The molecule has 0 heterocycles. The van der Waals surface area contributed by atoms with Gasteiger partial charge in [-0.15, -0.1) is 24.8 Å².